The Morgan fingerprint density at radius 2 is 1.24 bits per heavy atom. The van der Waals surface area contributed by atoms with Gasteiger partial charge < -0.3 is 5.73 Å². The van der Waals surface area contributed by atoms with Gasteiger partial charge in [0.05, 0.1) is 12.4 Å². The van der Waals surface area contributed by atoms with Crippen molar-refractivity contribution >= 4 is 10.1 Å². The van der Waals surface area contributed by atoms with E-state index in [4.69, 9.17) is 10.3 Å². The Bertz CT molecular complexity index is 308. The van der Waals surface area contributed by atoms with Crippen LogP contribution in [-0.4, -0.2) is 31.9 Å². The normalized spacial score (nSPS) is 10.8. The Balaban J connectivity index is 0. The highest BCUT2D eigenvalue weighted by molar-refractivity contribution is 7.85. The predicted octanol–water partition coefficient (Wildman–Crippen LogP) is 3.88. The zero-order valence-corrected chi connectivity index (χ0v) is 13.9. The van der Waals surface area contributed by atoms with E-state index in [1.165, 1.54) is 19.3 Å². The molecule has 0 radical (unpaired) electrons. The molecule has 0 rings (SSSR count). The first kappa shape index (κ1) is 22.8. The van der Waals surface area contributed by atoms with Crippen molar-refractivity contribution in [3.63, 3.8) is 0 Å². The molecule has 0 heterocycles. The van der Waals surface area contributed by atoms with Crippen LogP contribution in [0.5, 0.6) is 0 Å². The molecule has 4 nitrogen and oxygen atoms in total. The molecular weight excluding hydrogens is 293 g/mol. The van der Waals surface area contributed by atoms with Crippen molar-refractivity contribution in [1.29, 1.82) is 0 Å². The maximum Gasteiger partial charge on any atom is 0.264 e. The third-order valence-electron chi connectivity index (χ3n) is 2.95. The molecule has 3 N–H and O–H groups in total. The van der Waals surface area contributed by atoms with Gasteiger partial charge in [-0.25, -0.2) is 0 Å². The second-order valence-corrected chi connectivity index (χ2v) is 6.61. The van der Waals surface area contributed by atoms with Gasteiger partial charge in [0.25, 0.3) is 10.1 Å². The molecule has 0 aliphatic rings. The van der Waals surface area contributed by atoms with Crippen LogP contribution >= 0.6 is 0 Å². The van der Waals surface area contributed by atoms with E-state index in [0.29, 0.717) is 19.4 Å². The molecule has 128 valence electrons. The summed E-state index contributed by atoms with van der Waals surface area (Å²) in [6, 6.07) is 0. The van der Waals surface area contributed by atoms with Gasteiger partial charge in [0.2, 0.25) is 0 Å². The Morgan fingerprint density at radius 3 is 1.52 bits per heavy atom. The summed E-state index contributed by atoms with van der Waals surface area (Å²) < 4.78 is 41.1. The van der Waals surface area contributed by atoms with Crippen LogP contribution < -0.4 is 5.73 Å². The van der Waals surface area contributed by atoms with Gasteiger partial charge in [0.15, 0.2) is 0 Å². The van der Waals surface area contributed by atoms with Crippen LogP contribution in [0.1, 0.15) is 64.2 Å². The monoisotopic (exact) mass is 325 g/mol. The number of hydrogen-bond acceptors (Lipinski definition) is 3. The molecule has 6 heteroatoms. The van der Waals surface area contributed by atoms with Gasteiger partial charge in [-0.1, -0.05) is 57.4 Å². The molecule has 0 amide bonds. The van der Waals surface area contributed by atoms with Crippen molar-refractivity contribution in [3.05, 3.63) is 12.7 Å². The topological polar surface area (TPSA) is 80.4 Å². The van der Waals surface area contributed by atoms with Crippen LogP contribution in [-0.2, 0) is 10.1 Å². The van der Waals surface area contributed by atoms with E-state index >= 15 is 0 Å². The fourth-order valence-electron chi connectivity index (χ4n) is 1.79. The molecule has 0 aromatic carbocycles. The van der Waals surface area contributed by atoms with Crippen molar-refractivity contribution in [2.45, 2.75) is 64.2 Å². The Kier molecular flexibility index (Phi) is 19.1. The lowest BCUT2D eigenvalue weighted by atomic mass is 10.1. The third-order valence-corrected chi connectivity index (χ3v) is 3.76. The number of unbranched alkanes of at least 4 members (excludes halogenated alkanes) is 9. The average molecular weight is 325 g/mol. The van der Waals surface area contributed by atoms with E-state index < -0.39 is 10.1 Å². The Morgan fingerprint density at radius 1 is 0.905 bits per heavy atom. The fraction of sp³-hybridized carbons (Fsp3) is 0.867. The minimum Gasteiger partial charge on any atom is -0.327 e. The smallest absolute Gasteiger partial charge is 0.264 e. The molecular formula is C15H32FNO3S. The van der Waals surface area contributed by atoms with Gasteiger partial charge in [0, 0.05) is 6.54 Å². The molecule has 21 heavy (non-hydrogen) atoms. The highest BCUT2D eigenvalue weighted by Gasteiger charge is 2.02. The molecule has 0 spiro atoms. The molecule has 0 saturated carbocycles. The number of nitrogens with two attached hydrogens (primary N) is 1. The van der Waals surface area contributed by atoms with Gasteiger partial charge in [-0.3, -0.25) is 8.94 Å². The predicted molar refractivity (Wildman–Crippen MR) is 87.8 cm³/mol. The van der Waals surface area contributed by atoms with Crippen LogP contribution in [0.3, 0.4) is 0 Å². The SMILES string of the molecule is C=CCN.O=S(=O)(O)CCCCCCCCCCCCF. The van der Waals surface area contributed by atoms with Crippen LogP contribution in [0.25, 0.3) is 0 Å². The summed E-state index contributed by atoms with van der Waals surface area (Å²) in [5, 5.41) is 0. The average Bonchev–Trinajstić information content (AvgIpc) is 2.44. The van der Waals surface area contributed by atoms with E-state index in [1.54, 1.807) is 6.08 Å². The largest absolute Gasteiger partial charge is 0.327 e. The Hall–Kier alpha value is -0.460. The van der Waals surface area contributed by atoms with Crippen molar-refractivity contribution in [2.24, 2.45) is 5.73 Å². The number of halogens is 1. The first-order valence-electron chi connectivity index (χ1n) is 7.80. The quantitative estimate of drug-likeness (QED) is 0.306. The van der Waals surface area contributed by atoms with Crippen molar-refractivity contribution in [1.82, 2.24) is 0 Å². The first-order chi connectivity index (χ1) is 9.97. The van der Waals surface area contributed by atoms with Crippen LogP contribution in [0.15, 0.2) is 12.7 Å². The molecule has 0 aliphatic heterocycles. The van der Waals surface area contributed by atoms with Gasteiger partial charge in [0.1, 0.15) is 0 Å². The van der Waals surface area contributed by atoms with E-state index in [-0.39, 0.29) is 12.4 Å². The highest BCUT2D eigenvalue weighted by Crippen LogP contribution is 2.10. The summed E-state index contributed by atoms with van der Waals surface area (Å²) in [4.78, 5) is 0. The maximum atomic E-state index is 11.8. The summed E-state index contributed by atoms with van der Waals surface area (Å²) in [6.45, 7) is 3.74. The second kappa shape index (κ2) is 17.6. The maximum absolute atomic E-state index is 11.8. The van der Waals surface area contributed by atoms with Crippen molar-refractivity contribution in [3.8, 4) is 0 Å². The second-order valence-electron chi connectivity index (χ2n) is 5.03. The highest BCUT2D eigenvalue weighted by atomic mass is 32.2. The van der Waals surface area contributed by atoms with Crippen LogP contribution in [0, 0.1) is 0 Å². The molecule has 0 unspecified atom stereocenters. The zero-order chi connectivity index (χ0) is 16.4. The van der Waals surface area contributed by atoms with E-state index in [9.17, 15) is 12.8 Å². The Labute approximate surface area is 129 Å². The van der Waals surface area contributed by atoms with Crippen molar-refractivity contribution in [2.75, 3.05) is 19.0 Å². The van der Waals surface area contributed by atoms with Gasteiger partial charge in [-0.15, -0.1) is 6.58 Å². The number of rotatable bonds is 13. The molecule has 0 bridgehead atoms. The molecule has 0 aromatic heterocycles. The summed E-state index contributed by atoms with van der Waals surface area (Å²) >= 11 is 0. The summed E-state index contributed by atoms with van der Waals surface area (Å²) in [5.41, 5.74) is 4.91. The van der Waals surface area contributed by atoms with Gasteiger partial charge in [-0.2, -0.15) is 8.42 Å². The van der Waals surface area contributed by atoms with Crippen LogP contribution in [0.4, 0.5) is 4.39 Å². The molecule has 0 aliphatic carbocycles. The number of hydrogen-bond donors (Lipinski definition) is 2. The fourth-order valence-corrected chi connectivity index (χ4v) is 2.36. The third kappa shape index (κ3) is 28.4. The molecule has 0 fully saturated rings. The molecule has 0 saturated heterocycles. The van der Waals surface area contributed by atoms with Crippen LogP contribution in [0.2, 0.25) is 0 Å². The van der Waals surface area contributed by atoms with Crippen molar-refractivity contribution < 1.29 is 17.4 Å². The molecule has 0 aromatic rings. The molecule has 0 atom stereocenters. The van der Waals surface area contributed by atoms with Gasteiger partial charge in [-0.05, 0) is 12.8 Å². The standard InChI is InChI=1S/C12H25FO3S.C3H7N/c13-11-9-7-5-3-1-2-4-6-8-10-12-17(14,15)16;1-2-3-4/h1-12H2,(H,14,15,16);2H,1,3-4H2. The minimum absolute atomic E-state index is 0.115. The first-order valence-corrected chi connectivity index (χ1v) is 9.41. The van der Waals surface area contributed by atoms with E-state index in [1.807, 2.05) is 0 Å². The summed E-state index contributed by atoms with van der Waals surface area (Å²) in [7, 11) is -3.76. The lowest BCUT2D eigenvalue weighted by Gasteiger charge is -2.01. The summed E-state index contributed by atoms with van der Waals surface area (Å²) in [6.07, 6.45) is 11.5. The van der Waals surface area contributed by atoms with E-state index in [0.717, 1.165) is 32.1 Å². The minimum atomic E-state index is -3.76. The zero-order valence-electron chi connectivity index (χ0n) is 13.1. The van der Waals surface area contributed by atoms with E-state index in [2.05, 4.69) is 6.58 Å². The van der Waals surface area contributed by atoms with Gasteiger partial charge >= 0.3 is 0 Å². The lowest BCUT2D eigenvalue weighted by molar-refractivity contribution is 0.449. The number of alkyl halides is 1. The summed E-state index contributed by atoms with van der Waals surface area (Å²) in [5.74, 6) is -0.115. The lowest BCUT2D eigenvalue weighted by Crippen LogP contribution is -2.03.